The number of aliphatic hydroxyl groups is 2. The van der Waals surface area contributed by atoms with Crippen molar-refractivity contribution in [1.82, 2.24) is 4.90 Å². The minimum atomic E-state index is -1.36. The molecule has 1 unspecified atom stereocenters. The van der Waals surface area contributed by atoms with Crippen LogP contribution in [0.2, 0.25) is 0 Å². The Labute approximate surface area is 100 Å². The predicted molar refractivity (Wildman–Crippen MR) is 63.1 cm³/mol. The number of rotatable bonds is 3. The van der Waals surface area contributed by atoms with Crippen LogP contribution in [0.25, 0.3) is 0 Å². The molecule has 0 bridgehead atoms. The van der Waals surface area contributed by atoms with Gasteiger partial charge in [0.15, 0.2) is 5.72 Å². The van der Waals surface area contributed by atoms with Crippen molar-refractivity contribution < 1.29 is 15.0 Å². The number of carbonyl (C=O) groups excluding carboxylic acids is 1. The van der Waals surface area contributed by atoms with Crippen LogP contribution >= 0.6 is 0 Å². The standard InChI is InChI=1S/C13H17NO3/c15-10-13(17)7-4-8-14(13)12(16)9-11-5-2-1-3-6-11/h1-3,5-6,15,17H,4,7-10H2. The topological polar surface area (TPSA) is 60.8 Å². The van der Waals surface area contributed by atoms with Crippen molar-refractivity contribution in [2.45, 2.75) is 25.0 Å². The molecule has 1 amide bonds. The molecule has 1 heterocycles. The van der Waals surface area contributed by atoms with Gasteiger partial charge in [-0.2, -0.15) is 0 Å². The third-order valence-corrected chi connectivity index (χ3v) is 3.21. The number of hydrogen-bond acceptors (Lipinski definition) is 3. The minimum Gasteiger partial charge on any atom is -0.391 e. The van der Waals surface area contributed by atoms with Gasteiger partial charge in [0, 0.05) is 6.54 Å². The van der Waals surface area contributed by atoms with Crippen LogP contribution in [0.4, 0.5) is 0 Å². The van der Waals surface area contributed by atoms with Crippen molar-refractivity contribution in [2.24, 2.45) is 0 Å². The summed E-state index contributed by atoms with van der Waals surface area (Å²) in [7, 11) is 0. The summed E-state index contributed by atoms with van der Waals surface area (Å²) in [6, 6.07) is 9.42. The maximum absolute atomic E-state index is 12.0. The molecule has 0 aromatic heterocycles. The molecule has 2 N–H and O–H groups in total. The molecule has 92 valence electrons. The number of nitrogens with zero attached hydrogens (tertiary/aromatic N) is 1. The van der Waals surface area contributed by atoms with Crippen LogP contribution in [0, 0.1) is 0 Å². The molecule has 0 aliphatic carbocycles. The fourth-order valence-corrected chi connectivity index (χ4v) is 2.25. The smallest absolute Gasteiger partial charge is 0.229 e. The average Bonchev–Trinajstić information content (AvgIpc) is 2.73. The second kappa shape index (κ2) is 4.85. The Morgan fingerprint density at radius 1 is 1.35 bits per heavy atom. The zero-order valence-electron chi connectivity index (χ0n) is 9.67. The number of aliphatic hydroxyl groups excluding tert-OH is 1. The quantitative estimate of drug-likeness (QED) is 0.803. The Morgan fingerprint density at radius 3 is 2.71 bits per heavy atom. The number of hydrogen-bond donors (Lipinski definition) is 2. The van der Waals surface area contributed by atoms with Gasteiger partial charge in [0.05, 0.1) is 13.0 Å². The van der Waals surface area contributed by atoms with E-state index in [0.717, 1.165) is 12.0 Å². The molecule has 2 rings (SSSR count). The molecule has 1 aliphatic heterocycles. The average molecular weight is 235 g/mol. The third-order valence-electron chi connectivity index (χ3n) is 3.21. The molecule has 0 radical (unpaired) electrons. The summed E-state index contributed by atoms with van der Waals surface area (Å²) < 4.78 is 0. The van der Waals surface area contributed by atoms with Crippen molar-refractivity contribution in [3.05, 3.63) is 35.9 Å². The van der Waals surface area contributed by atoms with Crippen LogP contribution in [0.3, 0.4) is 0 Å². The van der Waals surface area contributed by atoms with E-state index in [9.17, 15) is 9.90 Å². The van der Waals surface area contributed by atoms with Gasteiger partial charge in [0.1, 0.15) is 0 Å². The first-order valence-electron chi connectivity index (χ1n) is 5.83. The molecular formula is C13H17NO3. The van der Waals surface area contributed by atoms with Gasteiger partial charge < -0.3 is 15.1 Å². The first kappa shape index (κ1) is 12.1. The molecule has 1 aromatic carbocycles. The summed E-state index contributed by atoms with van der Waals surface area (Å²) in [5.41, 5.74) is -0.434. The second-order valence-corrected chi connectivity index (χ2v) is 4.45. The van der Waals surface area contributed by atoms with E-state index in [-0.39, 0.29) is 12.3 Å². The first-order chi connectivity index (χ1) is 8.15. The minimum absolute atomic E-state index is 0.134. The van der Waals surface area contributed by atoms with E-state index >= 15 is 0 Å². The van der Waals surface area contributed by atoms with E-state index < -0.39 is 12.3 Å². The Kier molecular flexibility index (Phi) is 3.45. The van der Waals surface area contributed by atoms with Crippen LogP contribution in [0.1, 0.15) is 18.4 Å². The van der Waals surface area contributed by atoms with E-state index in [4.69, 9.17) is 5.11 Å². The first-order valence-corrected chi connectivity index (χ1v) is 5.83. The lowest BCUT2D eigenvalue weighted by Gasteiger charge is -2.31. The number of benzene rings is 1. The second-order valence-electron chi connectivity index (χ2n) is 4.45. The number of likely N-dealkylation sites (tertiary alicyclic amines) is 1. The summed E-state index contributed by atoms with van der Waals surface area (Å²) in [5, 5.41) is 19.2. The Balaban J connectivity index is 2.06. The van der Waals surface area contributed by atoms with Gasteiger partial charge in [0.25, 0.3) is 0 Å². The molecule has 0 saturated carbocycles. The van der Waals surface area contributed by atoms with Crippen molar-refractivity contribution in [3.63, 3.8) is 0 Å². The molecular weight excluding hydrogens is 218 g/mol. The fourth-order valence-electron chi connectivity index (χ4n) is 2.25. The number of carbonyl (C=O) groups is 1. The summed E-state index contributed by atoms with van der Waals surface area (Å²) in [6.07, 6.45) is 1.45. The van der Waals surface area contributed by atoms with E-state index in [0.29, 0.717) is 13.0 Å². The van der Waals surface area contributed by atoms with Crippen LogP contribution in [0.5, 0.6) is 0 Å². The molecule has 1 saturated heterocycles. The lowest BCUT2D eigenvalue weighted by atomic mass is 10.1. The van der Waals surface area contributed by atoms with Gasteiger partial charge in [-0.1, -0.05) is 30.3 Å². The number of amides is 1. The maximum atomic E-state index is 12.0. The molecule has 0 spiro atoms. The van der Waals surface area contributed by atoms with E-state index in [1.807, 2.05) is 30.3 Å². The SMILES string of the molecule is O=C(Cc1ccccc1)N1CCCC1(O)CO. The fraction of sp³-hybridized carbons (Fsp3) is 0.462. The van der Waals surface area contributed by atoms with Crippen molar-refractivity contribution in [2.75, 3.05) is 13.2 Å². The van der Waals surface area contributed by atoms with Crippen LogP contribution < -0.4 is 0 Å². The Bertz CT molecular complexity index is 393. The Morgan fingerprint density at radius 2 is 2.06 bits per heavy atom. The van der Waals surface area contributed by atoms with Crippen molar-refractivity contribution in [3.8, 4) is 0 Å². The molecule has 4 nitrogen and oxygen atoms in total. The highest BCUT2D eigenvalue weighted by molar-refractivity contribution is 5.79. The molecule has 4 heteroatoms. The normalized spacial score (nSPS) is 24.0. The summed E-state index contributed by atoms with van der Waals surface area (Å²) in [4.78, 5) is 13.4. The van der Waals surface area contributed by atoms with Gasteiger partial charge in [-0.25, -0.2) is 0 Å². The summed E-state index contributed by atoms with van der Waals surface area (Å²) >= 11 is 0. The Hall–Kier alpha value is -1.39. The van der Waals surface area contributed by atoms with E-state index in [1.54, 1.807) is 0 Å². The lowest BCUT2D eigenvalue weighted by molar-refractivity contribution is -0.158. The monoisotopic (exact) mass is 235 g/mol. The van der Waals surface area contributed by atoms with Gasteiger partial charge in [-0.3, -0.25) is 4.79 Å². The van der Waals surface area contributed by atoms with Gasteiger partial charge in [0.2, 0.25) is 5.91 Å². The molecule has 1 atom stereocenters. The van der Waals surface area contributed by atoms with E-state index in [1.165, 1.54) is 4.90 Å². The van der Waals surface area contributed by atoms with Crippen molar-refractivity contribution in [1.29, 1.82) is 0 Å². The summed E-state index contributed by atoms with van der Waals surface area (Å²) in [5.74, 6) is -0.134. The highest BCUT2D eigenvalue weighted by atomic mass is 16.4. The van der Waals surface area contributed by atoms with Crippen molar-refractivity contribution >= 4 is 5.91 Å². The maximum Gasteiger partial charge on any atom is 0.229 e. The zero-order chi connectivity index (χ0) is 12.3. The lowest BCUT2D eigenvalue weighted by Crippen LogP contribution is -2.50. The highest BCUT2D eigenvalue weighted by Gasteiger charge is 2.41. The van der Waals surface area contributed by atoms with E-state index in [2.05, 4.69) is 0 Å². The zero-order valence-corrected chi connectivity index (χ0v) is 9.67. The largest absolute Gasteiger partial charge is 0.391 e. The molecule has 17 heavy (non-hydrogen) atoms. The third kappa shape index (κ3) is 2.48. The van der Waals surface area contributed by atoms with Gasteiger partial charge in [-0.05, 0) is 18.4 Å². The predicted octanol–water partition coefficient (Wildman–Crippen LogP) is 0.532. The van der Waals surface area contributed by atoms with Crippen LogP contribution in [-0.2, 0) is 11.2 Å². The van der Waals surface area contributed by atoms with Gasteiger partial charge in [-0.15, -0.1) is 0 Å². The highest BCUT2D eigenvalue weighted by Crippen LogP contribution is 2.26. The molecule has 1 aromatic rings. The van der Waals surface area contributed by atoms with Crippen LogP contribution in [-0.4, -0.2) is 39.9 Å². The van der Waals surface area contributed by atoms with Crippen LogP contribution in [0.15, 0.2) is 30.3 Å². The van der Waals surface area contributed by atoms with Gasteiger partial charge >= 0.3 is 0 Å². The molecule has 1 fully saturated rings. The summed E-state index contributed by atoms with van der Waals surface area (Å²) in [6.45, 7) is 0.121. The molecule has 1 aliphatic rings.